The average molecular weight is 255 g/mol. The van der Waals surface area contributed by atoms with Crippen molar-refractivity contribution in [2.45, 2.75) is 12.8 Å². The second-order valence-electron chi connectivity index (χ2n) is 4.59. The van der Waals surface area contributed by atoms with Crippen molar-refractivity contribution in [3.63, 3.8) is 0 Å². The van der Waals surface area contributed by atoms with Gasteiger partial charge in [0.15, 0.2) is 0 Å². The standard InChI is InChI=1S/C13H13N5O/c1-2-9-4-7-18(8-5-9)13(19)10-3-6-14-12-11(10)15-17-16-12/h1,3,6,9H,4-5,7-8H2,(H,14,15,16,17). The Kier molecular flexibility index (Phi) is 2.88. The summed E-state index contributed by atoms with van der Waals surface area (Å²) in [5.74, 6) is 3.01. The van der Waals surface area contributed by atoms with Gasteiger partial charge >= 0.3 is 0 Å². The molecule has 19 heavy (non-hydrogen) atoms. The van der Waals surface area contributed by atoms with Crippen LogP contribution in [0, 0.1) is 18.3 Å². The predicted octanol–water partition coefficient (Wildman–Crippen LogP) is 0.838. The van der Waals surface area contributed by atoms with E-state index in [1.54, 1.807) is 12.3 Å². The molecule has 0 atom stereocenters. The van der Waals surface area contributed by atoms with Gasteiger partial charge in [0.2, 0.25) is 5.65 Å². The van der Waals surface area contributed by atoms with Gasteiger partial charge in [0.05, 0.1) is 5.56 Å². The minimum absolute atomic E-state index is 0.0308. The molecule has 0 spiro atoms. The third kappa shape index (κ3) is 2.03. The van der Waals surface area contributed by atoms with Crippen molar-refractivity contribution in [2.75, 3.05) is 13.1 Å². The molecule has 0 radical (unpaired) electrons. The molecule has 0 saturated carbocycles. The summed E-state index contributed by atoms with van der Waals surface area (Å²) < 4.78 is 0. The second kappa shape index (κ2) is 4.69. The maximum Gasteiger partial charge on any atom is 0.256 e. The van der Waals surface area contributed by atoms with Gasteiger partial charge in [0.25, 0.3) is 5.91 Å². The zero-order chi connectivity index (χ0) is 13.2. The van der Waals surface area contributed by atoms with Crippen LogP contribution < -0.4 is 0 Å². The number of piperidine rings is 1. The first kappa shape index (κ1) is 11.7. The average Bonchev–Trinajstić information content (AvgIpc) is 2.95. The van der Waals surface area contributed by atoms with Crippen LogP contribution in [0.5, 0.6) is 0 Å². The number of carbonyl (C=O) groups excluding carboxylic acids is 1. The fraction of sp³-hybridized carbons (Fsp3) is 0.385. The van der Waals surface area contributed by atoms with Crippen molar-refractivity contribution in [3.05, 3.63) is 17.8 Å². The Labute approximate surface area is 110 Å². The van der Waals surface area contributed by atoms with Gasteiger partial charge in [0.1, 0.15) is 5.52 Å². The minimum atomic E-state index is -0.0308. The summed E-state index contributed by atoms with van der Waals surface area (Å²) in [7, 11) is 0. The monoisotopic (exact) mass is 255 g/mol. The number of pyridine rings is 1. The summed E-state index contributed by atoms with van der Waals surface area (Å²) in [4.78, 5) is 18.3. The highest BCUT2D eigenvalue weighted by Gasteiger charge is 2.24. The molecule has 6 nitrogen and oxygen atoms in total. The van der Waals surface area contributed by atoms with Gasteiger partial charge in [-0.15, -0.1) is 17.4 Å². The number of hydrogen-bond acceptors (Lipinski definition) is 4. The molecule has 2 aromatic heterocycles. The molecule has 0 aromatic carbocycles. The van der Waals surface area contributed by atoms with Crippen molar-refractivity contribution in [1.82, 2.24) is 25.3 Å². The molecular weight excluding hydrogens is 242 g/mol. The zero-order valence-electron chi connectivity index (χ0n) is 10.3. The van der Waals surface area contributed by atoms with Crippen LogP contribution in [0.4, 0.5) is 0 Å². The van der Waals surface area contributed by atoms with Crippen molar-refractivity contribution in [1.29, 1.82) is 0 Å². The van der Waals surface area contributed by atoms with Crippen LogP contribution in [0.25, 0.3) is 11.2 Å². The number of fused-ring (bicyclic) bond motifs is 1. The van der Waals surface area contributed by atoms with Crippen molar-refractivity contribution in [2.24, 2.45) is 5.92 Å². The summed E-state index contributed by atoms with van der Waals surface area (Å²) in [6.07, 6.45) is 8.70. The van der Waals surface area contributed by atoms with E-state index in [1.807, 2.05) is 4.90 Å². The first-order chi connectivity index (χ1) is 9.29. The number of H-pyrrole nitrogens is 1. The van der Waals surface area contributed by atoms with Crippen molar-refractivity contribution < 1.29 is 4.79 Å². The molecule has 1 saturated heterocycles. The number of nitrogens with one attached hydrogen (secondary N) is 1. The normalized spacial score (nSPS) is 16.5. The number of terminal acetylenes is 1. The lowest BCUT2D eigenvalue weighted by molar-refractivity contribution is 0.0709. The Morgan fingerprint density at radius 3 is 2.95 bits per heavy atom. The van der Waals surface area contributed by atoms with Gasteiger partial charge in [-0.25, -0.2) is 4.98 Å². The molecule has 96 valence electrons. The Balaban J connectivity index is 1.85. The summed E-state index contributed by atoms with van der Waals surface area (Å²) in [5, 5.41) is 10.4. The molecule has 0 unspecified atom stereocenters. The van der Waals surface area contributed by atoms with Crippen LogP contribution in [0.1, 0.15) is 23.2 Å². The van der Waals surface area contributed by atoms with E-state index in [4.69, 9.17) is 6.42 Å². The van der Waals surface area contributed by atoms with E-state index in [2.05, 4.69) is 26.3 Å². The Morgan fingerprint density at radius 2 is 2.21 bits per heavy atom. The first-order valence-electron chi connectivity index (χ1n) is 6.20. The van der Waals surface area contributed by atoms with Crippen molar-refractivity contribution >= 4 is 17.1 Å². The summed E-state index contributed by atoms with van der Waals surface area (Å²) in [6, 6.07) is 1.68. The fourth-order valence-corrected chi connectivity index (χ4v) is 2.35. The van der Waals surface area contributed by atoms with Crippen LogP contribution >= 0.6 is 0 Å². The quantitative estimate of drug-likeness (QED) is 0.766. The third-order valence-corrected chi connectivity index (χ3v) is 3.47. The van der Waals surface area contributed by atoms with E-state index in [-0.39, 0.29) is 11.8 Å². The van der Waals surface area contributed by atoms with E-state index in [0.717, 1.165) is 12.8 Å². The zero-order valence-corrected chi connectivity index (χ0v) is 10.3. The Bertz CT molecular complexity index is 648. The smallest absolute Gasteiger partial charge is 0.256 e. The first-order valence-corrected chi connectivity index (χ1v) is 6.20. The lowest BCUT2D eigenvalue weighted by atomic mass is 9.97. The van der Waals surface area contributed by atoms with Gasteiger partial charge in [-0.1, -0.05) is 0 Å². The van der Waals surface area contributed by atoms with Crippen molar-refractivity contribution in [3.8, 4) is 12.3 Å². The van der Waals surface area contributed by atoms with Crippen LogP contribution in [-0.4, -0.2) is 44.3 Å². The number of likely N-dealkylation sites (tertiary alicyclic amines) is 1. The molecule has 1 amide bonds. The van der Waals surface area contributed by atoms with Crippen LogP contribution in [0.15, 0.2) is 12.3 Å². The fourth-order valence-electron chi connectivity index (χ4n) is 2.35. The maximum absolute atomic E-state index is 12.5. The molecule has 1 fully saturated rings. The van der Waals surface area contributed by atoms with Gasteiger partial charge < -0.3 is 4.90 Å². The topological polar surface area (TPSA) is 74.8 Å². The van der Waals surface area contributed by atoms with Gasteiger partial charge in [-0.3, -0.25) is 4.79 Å². The Hall–Kier alpha value is -2.42. The lowest BCUT2D eigenvalue weighted by Gasteiger charge is -2.29. The number of hydrogen-bond donors (Lipinski definition) is 1. The van der Waals surface area contributed by atoms with Crippen LogP contribution in [-0.2, 0) is 0 Å². The van der Waals surface area contributed by atoms with E-state index < -0.39 is 0 Å². The SMILES string of the molecule is C#CC1CCN(C(=O)c2ccnc3n[nH]nc23)CC1. The van der Waals surface area contributed by atoms with Gasteiger partial charge in [0, 0.05) is 25.2 Å². The van der Waals surface area contributed by atoms with Crippen LogP contribution in [0.3, 0.4) is 0 Å². The van der Waals surface area contributed by atoms with Gasteiger partial charge in [-0.05, 0) is 18.9 Å². The van der Waals surface area contributed by atoms with Crippen LogP contribution in [0.2, 0.25) is 0 Å². The molecule has 6 heteroatoms. The predicted molar refractivity (Wildman–Crippen MR) is 69.1 cm³/mol. The maximum atomic E-state index is 12.5. The molecule has 0 bridgehead atoms. The molecule has 1 N–H and O–H groups in total. The van der Waals surface area contributed by atoms with E-state index in [0.29, 0.717) is 29.8 Å². The molecular formula is C13H13N5O. The molecule has 1 aliphatic heterocycles. The number of amides is 1. The largest absolute Gasteiger partial charge is 0.338 e. The molecule has 1 aliphatic rings. The van der Waals surface area contributed by atoms with E-state index in [9.17, 15) is 4.79 Å². The molecule has 2 aromatic rings. The number of aromatic nitrogens is 4. The van der Waals surface area contributed by atoms with E-state index >= 15 is 0 Å². The van der Waals surface area contributed by atoms with E-state index in [1.165, 1.54) is 0 Å². The highest BCUT2D eigenvalue weighted by molar-refractivity contribution is 6.03. The molecule has 3 heterocycles. The third-order valence-electron chi connectivity index (χ3n) is 3.47. The lowest BCUT2D eigenvalue weighted by Crippen LogP contribution is -2.38. The highest BCUT2D eigenvalue weighted by atomic mass is 16.2. The Morgan fingerprint density at radius 1 is 1.42 bits per heavy atom. The number of carbonyl (C=O) groups is 1. The number of nitrogens with zero attached hydrogens (tertiary/aromatic N) is 4. The molecule has 3 rings (SSSR count). The molecule has 0 aliphatic carbocycles. The summed E-state index contributed by atoms with van der Waals surface area (Å²) >= 11 is 0. The number of rotatable bonds is 1. The second-order valence-corrected chi connectivity index (χ2v) is 4.59. The highest BCUT2D eigenvalue weighted by Crippen LogP contribution is 2.20. The summed E-state index contributed by atoms with van der Waals surface area (Å²) in [6.45, 7) is 1.38. The van der Waals surface area contributed by atoms with Gasteiger partial charge in [-0.2, -0.15) is 10.3 Å². The summed E-state index contributed by atoms with van der Waals surface area (Å²) in [5.41, 5.74) is 1.52. The number of aromatic amines is 1. The minimum Gasteiger partial charge on any atom is -0.338 e.